The summed E-state index contributed by atoms with van der Waals surface area (Å²) in [4.78, 5) is 17.2. The average Bonchev–Trinajstić information content (AvgIpc) is 2.79. The van der Waals surface area contributed by atoms with Crippen molar-refractivity contribution in [2.45, 2.75) is 34.6 Å². The summed E-state index contributed by atoms with van der Waals surface area (Å²) in [6.07, 6.45) is 0. The first-order valence-electron chi connectivity index (χ1n) is 7.93. The molecule has 2 N–H and O–H groups in total. The molecule has 1 heterocycles. The highest BCUT2D eigenvalue weighted by Crippen LogP contribution is 2.68. The number of nitrogens with two attached hydrogens (primary N) is 1. The molecular formula is C16H31N3O. The van der Waals surface area contributed by atoms with Crippen LogP contribution < -0.4 is 5.73 Å². The first-order chi connectivity index (χ1) is 9.21. The molecule has 1 unspecified atom stereocenters. The summed E-state index contributed by atoms with van der Waals surface area (Å²) < 4.78 is 0. The molecule has 0 bridgehead atoms. The van der Waals surface area contributed by atoms with E-state index in [0.717, 1.165) is 39.3 Å². The standard InChI is InChI=1S/C16H31N3O/c1-12(10-17)11-18-6-8-19(9-7-18)14(20)13-15(2,3)16(13,4)5/h12-13H,6-11,17H2,1-5H3. The Kier molecular flexibility index (Phi) is 4.18. The molecule has 1 saturated heterocycles. The van der Waals surface area contributed by atoms with E-state index in [-0.39, 0.29) is 16.7 Å². The van der Waals surface area contributed by atoms with Gasteiger partial charge in [0.1, 0.15) is 0 Å². The van der Waals surface area contributed by atoms with Gasteiger partial charge in [-0.25, -0.2) is 0 Å². The third-order valence-electron chi connectivity index (χ3n) is 5.92. The highest BCUT2D eigenvalue weighted by Gasteiger charge is 2.68. The van der Waals surface area contributed by atoms with Gasteiger partial charge in [-0.15, -0.1) is 0 Å². The van der Waals surface area contributed by atoms with Crippen molar-refractivity contribution in [1.29, 1.82) is 0 Å². The quantitative estimate of drug-likeness (QED) is 0.847. The van der Waals surface area contributed by atoms with Crippen LogP contribution in [0.25, 0.3) is 0 Å². The Hall–Kier alpha value is -0.610. The Morgan fingerprint density at radius 3 is 2.05 bits per heavy atom. The molecule has 1 saturated carbocycles. The Labute approximate surface area is 123 Å². The van der Waals surface area contributed by atoms with E-state index in [1.165, 1.54) is 0 Å². The van der Waals surface area contributed by atoms with Crippen molar-refractivity contribution < 1.29 is 4.79 Å². The van der Waals surface area contributed by atoms with E-state index in [1.807, 2.05) is 0 Å². The molecule has 0 aromatic carbocycles. The molecule has 4 heteroatoms. The molecule has 20 heavy (non-hydrogen) atoms. The summed E-state index contributed by atoms with van der Waals surface area (Å²) in [6.45, 7) is 16.6. The molecule has 0 spiro atoms. The van der Waals surface area contributed by atoms with Crippen LogP contribution in [0, 0.1) is 22.7 Å². The normalized spacial score (nSPS) is 27.4. The van der Waals surface area contributed by atoms with Gasteiger partial charge >= 0.3 is 0 Å². The van der Waals surface area contributed by atoms with Crippen molar-refractivity contribution in [1.82, 2.24) is 9.80 Å². The fraction of sp³-hybridized carbons (Fsp3) is 0.938. The lowest BCUT2D eigenvalue weighted by atomic mass is 10.0. The van der Waals surface area contributed by atoms with Crippen molar-refractivity contribution in [2.24, 2.45) is 28.4 Å². The molecule has 0 aromatic heterocycles. The molecule has 4 nitrogen and oxygen atoms in total. The van der Waals surface area contributed by atoms with Gasteiger partial charge in [0, 0.05) is 38.6 Å². The number of hydrogen-bond donors (Lipinski definition) is 1. The zero-order valence-corrected chi connectivity index (χ0v) is 13.8. The molecule has 1 aliphatic carbocycles. The number of piperazine rings is 1. The zero-order valence-electron chi connectivity index (χ0n) is 13.8. The third kappa shape index (κ3) is 2.60. The van der Waals surface area contributed by atoms with E-state index in [0.29, 0.717) is 11.8 Å². The van der Waals surface area contributed by atoms with Crippen LogP contribution in [0.4, 0.5) is 0 Å². The smallest absolute Gasteiger partial charge is 0.226 e. The fourth-order valence-corrected chi connectivity index (χ4v) is 3.66. The van der Waals surface area contributed by atoms with Crippen LogP contribution in [0.3, 0.4) is 0 Å². The van der Waals surface area contributed by atoms with Gasteiger partial charge in [-0.05, 0) is 23.3 Å². The van der Waals surface area contributed by atoms with E-state index in [1.54, 1.807) is 0 Å². The van der Waals surface area contributed by atoms with Crippen molar-refractivity contribution in [3.8, 4) is 0 Å². The summed E-state index contributed by atoms with van der Waals surface area (Å²) in [5, 5.41) is 0. The minimum atomic E-state index is 0.148. The molecule has 0 aromatic rings. The van der Waals surface area contributed by atoms with E-state index in [4.69, 9.17) is 5.73 Å². The minimum Gasteiger partial charge on any atom is -0.340 e. The largest absolute Gasteiger partial charge is 0.340 e. The van der Waals surface area contributed by atoms with Crippen LogP contribution in [-0.4, -0.2) is 55.0 Å². The maximum Gasteiger partial charge on any atom is 0.226 e. The number of carbonyl (C=O) groups is 1. The number of amides is 1. The molecule has 1 aliphatic heterocycles. The zero-order chi connectivity index (χ0) is 15.1. The minimum absolute atomic E-state index is 0.148. The Morgan fingerprint density at radius 2 is 1.65 bits per heavy atom. The summed E-state index contributed by atoms with van der Waals surface area (Å²) in [7, 11) is 0. The lowest BCUT2D eigenvalue weighted by Gasteiger charge is -2.36. The Bertz CT molecular complexity index is 356. The van der Waals surface area contributed by atoms with Crippen molar-refractivity contribution in [2.75, 3.05) is 39.3 Å². The van der Waals surface area contributed by atoms with E-state index in [2.05, 4.69) is 44.4 Å². The molecule has 1 atom stereocenters. The summed E-state index contributed by atoms with van der Waals surface area (Å²) in [5.74, 6) is 1.11. The third-order valence-corrected chi connectivity index (χ3v) is 5.92. The van der Waals surface area contributed by atoms with Gasteiger partial charge in [0.25, 0.3) is 0 Å². The van der Waals surface area contributed by atoms with Crippen LogP contribution in [0.1, 0.15) is 34.6 Å². The number of rotatable bonds is 4. The summed E-state index contributed by atoms with van der Waals surface area (Å²) >= 11 is 0. The van der Waals surface area contributed by atoms with Crippen LogP contribution in [-0.2, 0) is 4.79 Å². The molecule has 1 amide bonds. The van der Waals surface area contributed by atoms with E-state index in [9.17, 15) is 4.79 Å². The Morgan fingerprint density at radius 1 is 1.15 bits per heavy atom. The van der Waals surface area contributed by atoms with Crippen LogP contribution in [0.15, 0.2) is 0 Å². The predicted molar refractivity (Wildman–Crippen MR) is 82.3 cm³/mol. The summed E-state index contributed by atoms with van der Waals surface area (Å²) in [6, 6.07) is 0. The highest BCUT2D eigenvalue weighted by atomic mass is 16.2. The van der Waals surface area contributed by atoms with E-state index >= 15 is 0 Å². The van der Waals surface area contributed by atoms with Gasteiger partial charge in [0.05, 0.1) is 0 Å². The fourth-order valence-electron chi connectivity index (χ4n) is 3.66. The topological polar surface area (TPSA) is 49.6 Å². The van der Waals surface area contributed by atoms with Gasteiger partial charge in [0.2, 0.25) is 5.91 Å². The van der Waals surface area contributed by atoms with Crippen molar-refractivity contribution >= 4 is 5.91 Å². The summed E-state index contributed by atoms with van der Waals surface area (Å²) in [5.41, 5.74) is 5.98. The predicted octanol–water partition coefficient (Wildman–Crippen LogP) is 1.41. The van der Waals surface area contributed by atoms with Crippen LogP contribution in [0.2, 0.25) is 0 Å². The second-order valence-corrected chi connectivity index (χ2v) is 7.84. The van der Waals surface area contributed by atoms with Gasteiger partial charge in [-0.1, -0.05) is 34.6 Å². The number of hydrogen-bond acceptors (Lipinski definition) is 3. The monoisotopic (exact) mass is 281 g/mol. The molecule has 116 valence electrons. The molecule has 2 fully saturated rings. The molecule has 2 rings (SSSR count). The Balaban J connectivity index is 1.85. The van der Waals surface area contributed by atoms with Crippen molar-refractivity contribution in [3.63, 3.8) is 0 Å². The van der Waals surface area contributed by atoms with Crippen LogP contribution >= 0.6 is 0 Å². The van der Waals surface area contributed by atoms with Crippen molar-refractivity contribution in [3.05, 3.63) is 0 Å². The molecular weight excluding hydrogens is 250 g/mol. The maximum atomic E-state index is 12.7. The maximum absolute atomic E-state index is 12.7. The second-order valence-electron chi connectivity index (χ2n) is 7.84. The first-order valence-corrected chi connectivity index (χ1v) is 7.93. The van der Waals surface area contributed by atoms with Crippen LogP contribution in [0.5, 0.6) is 0 Å². The number of carbonyl (C=O) groups excluding carboxylic acids is 1. The van der Waals surface area contributed by atoms with Gasteiger partial charge in [0.15, 0.2) is 0 Å². The highest BCUT2D eigenvalue weighted by molar-refractivity contribution is 5.84. The average molecular weight is 281 g/mol. The second kappa shape index (κ2) is 5.30. The van der Waals surface area contributed by atoms with Gasteiger partial charge < -0.3 is 10.6 Å². The SMILES string of the molecule is CC(CN)CN1CCN(C(=O)C2C(C)(C)C2(C)C)CC1. The first kappa shape index (κ1) is 15.8. The lowest BCUT2D eigenvalue weighted by molar-refractivity contribution is -0.135. The lowest BCUT2D eigenvalue weighted by Crippen LogP contribution is -2.50. The van der Waals surface area contributed by atoms with Gasteiger partial charge in [-0.2, -0.15) is 0 Å². The number of nitrogens with zero attached hydrogens (tertiary/aromatic N) is 2. The van der Waals surface area contributed by atoms with E-state index < -0.39 is 0 Å². The molecule has 0 radical (unpaired) electrons. The molecule has 2 aliphatic rings. The van der Waals surface area contributed by atoms with Gasteiger partial charge in [-0.3, -0.25) is 9.69 Å².